The number of para-hydroxylation sites is 1. The molecule has 0 aliphatic rings. The van der Waals surface area contributed by atoms with Crippen molar-refractivity contribution in [2.24, 2.45) is 0 Å². The van der Waals surface area contributed by atoms with Gasteiger partial charge in [-0.1, -0.05) is 12.1 Å². The Labute approximate surface area is 74.8 Å². The Morgan fingerprint density at radius 3 is 2.62 bits per heavy atom. The van der Waals surface area contributed by atoms with Crippen molar-refractivity contribution in [3.63, 3.8) is 0 Å². The van der Waals surface area contributed by atoms with Crippen molar-refractivity contribution in [3.05, 3.63) is 37.1 Å². The van der Waals surface area contributed by atoms with E-state index in [1.165, 1.54) is 6.07 Å². The summed E-state index contributed by atoms with van der Waals surface area (Å²) in [7, 11) is 0. The number of rotatable bonds is 1. The van der Waals surface area contributed by atoms with Gasteiger partial charge in [-0.3, -0.25) is 0 Å². The van der Waals surface area contributed by atoms with Gasteiger partial charge >= 0.3 is 0 Å². The monoisotopic (exact) mass is 174 g/mol. The minimum atomic E-state index is -0.0155. The smallest absolute Gasteiger partial charge is 0.251 e. The van der Waals surface area contributed by atoms with Crippen LogP contribution in [0.15, 0.2) is 28.7 Å². The van der Waals surface area contributed by atoms with Crippen LogP contribution in [0.1, 0.15) is 5.89 Å². The molecule has 2 aromatic rings. The fraction of sp³-hybridized carbons (Fsp3) is 0. The first-order valence-electron chi connectivity index (χ1n) is 3.65. The highest BCUT2D eigenvalue weighted by molar-refractivity contribution is 5.61. The van der Waals surface area contributed by atoms with Gasteiger partial charge < -0.3 is 9.52 Å². The minimum absolute atomic E-state index is 0.0155. The first kappa shape index (κ1) is 7.79. The molecule has 0 fully saturated rings. The van der Waals surface area contributed by atoms with Crippen molar-refractivity contribution in [1.29, 1.82) is 0 Å². The highest BCUT2D eigenvalue weighted by Gasteiger charge is 2.09. The van der Waals surface area contributed by atoms with E-state index in [0.29, 0.717) is 5.56 Å². The lowest BCUT2D eigenvalue weighted by molar-refractivity contribution is 0.472. The third-order valence-corrected chi connectivity index (χ3v) is 1.58. The van der Waals surface area contributed by atoms with E-state index in [2.05, 4.69) is 10.2 Å². The van der Waals surface area contributed by atoms with Gasteiger partial charge in [0.15, 0.2) is 0 Å². The molecule has 0 atom stereocenters. The second kappa shape index (κ2) is 2.90. The summed E-state index contributed by atoms with van der Waals surface area (Å²) in [6.45, 7) is 5.24. The number of benzene rings is 1. The molecule has 0 amide bonds. The molecular weight excluding hydrogens is 168 g/mol. The highest BCUT2D eigenvalue weighted by atomic mass is 16.4. The zero-order valence-electron chi connectivity index (χ0n) is 6.64. The first-order valence-corrected chi connectivity index (χ1v) is 3.65. The molecule has 1 aromatic heterocycles. The molecule has 2 radical (unpaired) electrons. The number of hydrogen-bond donors (Lipinski definition) is 1. The number of phenolic OH excluding ortho intramolecular Hbond substituents is 1. The molecule has 1 N–H and O–H groups in total. The van der Waals surface area contributed by atoms with Gasteiger partial charge in [0.25, 0.3) is 5.89 Å². The Morgan fingerprint density at radius 2 is 2.00 bits per heavy atom. The SMILES string of the molecule is [CH]c1nnc(-c2ccccc2O)o1. The molecule has 4 nitrogen and oxygen atoms in total. The fourth-order valence-electron chi connectivity index (χ4n) is 0.998. The Kier molecular flexibility index (Phi) is 1.73. The number of nitrogens with zero attached hydrogens (tertiary/aromatic N) is 2. The zero-order chi connectivity index (χ0) is 9.26. The van der Waals surface area contributed by atoms with Crippen molar-refractivity contribution in [1.82, 2.24) is 10.2 Å². The largest absolute Gasteiger partial charge is 0.507 e. The molecule has 0 saturated carbocycles. The molecular formula is C9H6N2O2. The predicted octanol–water partition coefficient (Wildman–Crippen LogP) is 1.50. The van der Waals surface area contributed by atoms with E-state index in [0.717, 1.165) is 0 Å². The lowest BCUT2D eigenvalue weighted by atomic mass is 10.2. The van der Waals surface area contributed by atoms with E-state index in [-0.39, 0.29) is 17.5 Å². The number of phenols is 1. The lowest BCUT2D eigenvalue weighted by Crippen LogP contribution is -1.77. The molecule has 1 heterocycles. The maximum atomic E-state index is 9.40. The lowest BCUT2D eigenvalue weighted by Gasteiger charge is -1.96. The van der Waals surface area contributed by atoms with Crippen molar-refractivity contribution in [3.8, 4) is 17.2 Å². The van der Waals surface area contributed by atoms with Crippen LogP contribution >= 0.6 is 0 Å². The third-order valence-electron chi connectivity index (χ3n) is 1.58. The summed E-state index contributed by atoms with van der Waals surface area (Å²) in [4.78, 5) is 0. The fourth-order valence-corrected chi connectivity index (χ4v) is 0.998. The molecule has 2 rings (SSSR count). The van der Waals surface area contributed by atoms with Gasteiger partial charge in [0.2, 0.25) is 5.89 Å². The van der Waals surface area contributed by atoms with Crippen LogP contribution in [-0.4, -0.2) is 15.3 Å². The van der Waals surface area contributed by atoms with Crippen LogP contribution < -0.4 is 0 Å². The van der Waals surface area contributed by atoms with Crippen LogP contribution in [0, 0.1) is 6.92 Å². The minimum Gasteiger partial charge on any atom is -0.507 e. The summed E-state index contributed by atoms with van der Waals surface area (Å²) in [5, 5.41) is 16.5. The molecule has 1 aromatic carbocycles. The van der Waals surface area contributed by atoms with Crippen molar-refractivity contribution < 1.29 is 9.52 Å². The quantitative estimate of drug-likeness (QED) is 0.711. The number of hydrogen-bond acceptors (Lipinski definition) is 4. The summed E-state index contributed by atoms with van der Waals surface area (Å²) in [6.07, 6.45) is 0. The van der Waals surface area contributed by atoms with E-state index in [1.807, 2.05) is 0 Å². The summed E-state index contributed by atoms with van der Waals surface area (Å²) in [6, 6.07) is 6.67. The molecule has 0 spiro atoms. The van der Waals surface area contributed by atoms with Gasteiger partial charge in [-0.05, 0) is 12.1 Å². The first-order chi connectivity index (χ1) is 6.27. The van der Waals surface area contributed by atoms with E-state index < -0.39 is 0 Å². The average Bonchev–Trinajstić information content (AvgIpc) is 2.53. The Balaban J connectivity index is 2.52. The number of aromatic hydroxyl groups is 1. The second-order valence-electron chi connectivity index (χ2n) is 2.46. The van der Waals surface area contributed by atoms with Crippen LogP contribution in [-0.2, 0) is 0 Å². The molecule has 0 unspecified atom stereocenters. The molecule has 0 aliphatic carbocycles. The number of aromatic nitrogens is 2. The van der Waals surface area contributed by atoms with Crippen LogP contribution in [0.5, 0.6) is 5.75 Å². The van der Waals surface area contributed by atoms with Gasteiger partial charge in [-0.15, -0.1) is 10.2 Å². The van der Waals surface area contributed by atoms with Gasteiger partial charge in [-0.25, -0.2) is 0 Å². The van der Waals surface area contributed by atoms with Gasteiger partial charge in [0.05, 0.1) is 12.5 Å². The van der Waals surface area contributed by atoms with Crippen molar-refractivity contribution in [2.75, 3.05) is 0 Å². The summed E-state index contributed by atoms with van der Waals surface area (Å²) < 4.78 is 4.95. The molecule has 64 valence electrons. The predicted molar refractivity (Wildman–Crippen MR) is 44.8 cm³/mol. The van der Waals surface area contributed by atoms with Gasteiger partial charge in [0.1, 0.15) is 5.75 Å². The molecule has 4 heteroatoms. The Hall–Kier alpha value is -1.84. The van der Waals surface area contributed by atoms with E-state index in [9.17, 15) is 5.11 Å². The molecule has 0 aliphatic heterocycles. The zero-order valence-corrected chi connectivity index (χ0v) is 6.64. The van der Waals surface area contributed by atoms with E-state index >= 15 is 0 Å². The van der Waals surface area contributed by atoms with Crippen molar-refractivity contribution >= 4 is 0 Å². The van der Waals surface area contributed by atoms with E-state index in [4.69, 9.17) is 11.3 Å². The van der Waals surface area contributed by atoms with Gasteiger partial charge in [-0.2, -0.15) is 0 Å². The van der Waals surface area contributed by atoms with Crippen LogP contribution in [0.4, 0.5) is 0 Å². The second-order valence-corrected chi connectivity index (χ2v) is 2.46. The third kappa shape index (κ3) is 1.38. The summed E-state index contributed by atoms with van der Waals surface area (Å²) in [5.41, 5.74) is 0.478. The topological polar surface area (TPSA) is 59.2 Å². The summed E-state index contributed by atoms with van der Waals surface area (Å²) in [5.74, 6) is 0.292. The maximum Gasteiger partial charge on any atom is 0.251 e. The van der Waals surface area contributed by atoms with Gasteiger partial charge in [0, 0.05) is 0 Å². The molecule has 0 saturated heterocycles. The maximum absolute atomic E-state index is 9.40. The molecule has 13 heavy (non-hydrogen) atoms. The summed E-state index contributed by atoms with van der Waals surface area (Å²) >= 11 is 0. The van der Waals surface area contributed by atoms with Crippen LogP contribution in [0.25, 0.3) is 11.5 Å². The van der Waals surface area contributed by atoms with Crippen molar-refractivity contribution in [2.45, 2.75) is 0 Å². The standard InChI is InChI=1S/C9H6N2O2/c1-6-10-11-9(13-6)7-4-2-3-5-8(7)12/h1-5,12H. The average molecular weight is 174 g/mol. The van der Waals surface area contributed by atoms with E-state index in [1.54, 1.807) is 18.2 Å². The van der Waals surface area contributed by atoms with Crippen LogP contribution in [0.2, 0.25) is 0 Å². The normalized spacial score (nSPS) is 10.2. The van der Waals surface area contributed by atoms with Crippen LogP contribution in [0.3, 0.4) is 0 Å². The Morgan fingerprint density at radius 1 is 1.23 bits per heavy atom. The Bertz CT molecular complexity index is 423. The molecule has 0 bridgehead atoms. The highest BCUT2D eigenvalue weighted by Crippen LogP contribution is 2.26.